The van der Waals surface area contributed by atoms with Crippen LogP contribution in [0, 0.1) is 3.57 Å². The molecule has 1 aromatic rings. The third kappa shape index (κ3) is 2.75. The molecule has 15 heavy (non-hydrogen) atoms. The Bertz CT molecular complexity index is 365. The molecule has 0 fully saturated rings. The molecule has 0 spiro atoms. The second-order valence-electron chi connectivity index (χ2n) is 2.85. The van der Waals surface area contributed by atoms with Crippen molar-refractivity contribution in [2.75, 3.05) is 7.11 Å². The molecule has 1 aromatic carbocycles. The van der Waals surface area contributed by atoms with Gasteiger partial charge in [0.05, 0.1) is 16.2 Å². The predicted octanol–water partition coefficient (Wildman–Crippen LogP) is 2.78. The second kappa shape index (κ2) is 4.56. The Morgan fingerprint density at radius 2 is 2.00 bits per heavy atom. The summed E-state index contributed by atoms with van der Waals surface area (Å²) < 4.78 is 43.2. The lowest BCUT2D eigenvalue weighted by Gasteiger charge is -2.14. The Balaban J connectivity index is 3.36. The molecule has 84 valence electrons. The van der Waals surface area contributed by atoms with Crippen LogP contribution in [0.25, 0.3) is 0 Å². The molecule has 2 nitrogen and oxygen atoms in total. The summed E-state index contributed by atoms with van der Waals surface area (Å²) in [6.45, 7) is -0.144. The van der Waals surface area contributed by atoms with Gasteiger partial charge in [0, 0.05) is 6.54 Å². The van der Waals surface area contributed by atoms with Gasteiger partial charge in [0.1, 0.15) is 5.75 Å². The van der Waals surface area contributed by atoms with E-state index in [4.69, 9.17) is 10.5 Å². The van der Waals surface area contributed by atoms with E-state index in [1.165, 1.54) is 13.2 Å². The van der Waals surface area contributed by atoms with Crippen molar-refractivity contribution in [3.05, 3.63) is 26.8 Å². The summed E-state index contributed by atoms with van der Waals surface area (Å²) >= 11 is 1.91. The average molecular weight is 331 g/mol. The standard InChI is InChI=1S/C9H9F3INO/c1-15-8-3-6(9(10,11)12)5(4-14)2-7(8)13/h2-3H,4,14H2,1H3. The van der Waals surface area contributed by atoms with E-state index in [1.54, 1.807) is 0 Å². The largest absolute Gasteiger partial charge is 0.496 e. The molecule has 2 N–H and O–H groups in total. The lowest BCUT2D eigenvalue weighted by molar-refractivity contribution is -0.138. The number of methoxy groups -OCH3 is 1. The van der Waals surface area contributed by atoms with Gasteiger partial charge in [0.15, 0.2) is 0 Å². The van der Waals surface area contributed by atoms with E-state index in [-0.39, 0.29) is 17.9 Å². The van der Waals surface area contributed by atoms with Crippen LogP contribution in [-0.4, -0.2) is 7.11 Å². The maximum atomic E-state index is 12.6. The van der Waals surface area contributed by atoms with Gasteiger partial charge in [-0.2, -0.15) is 13.2 Å². The van der Waals surface area contributed by atoms with Crippen LogP contribution in [0.5, 0.6) is 5.75 Å². The molecule has 0 aliphatic rings. The summed E-state index contributed by atoms with van der Waals surface area (Å²) in [6, 6.07) is 2.37. The van der Waals surface area contributed by atoms with Crippen LogP contribution in [0.1, 0.15) is 11.1 Å². The van der Waals surface area contributed by atoms with E-state index in [1.807, 2.05) is 22.6 Å². The van der Waals surface area contributed by atoms with Gasteiger partial charge in [-0.3, -0.25) is 0 Å². The Morgan fingerprint density at radius 3 is 2.40 bits per heavy atom. The van der Waals surface area contributed by atoms with E-state index in [0.717, 1.165) is 6.07 Å². The molecule has 0 amide bonds. The van der Waals surface area contributed by atoms with Gasteiger partial charge in [-0.25, -0.2) is 0 Å². The highest BCUT2D eigenvalue weighted by molar-refractivity contribution is 14.1. The maximum absolute atomic E-state index is 12.6. The minimum absolute atomic E-state index is 0.0766. The molecule has 6 heteroatoms. The molecule has 0 aliphatic carbocycles. The Kier molecular flexibility index (Phi) is 3.82. The van der Waals surface area contributed by atoms with Gasteiger partial charge in [-0.15, -0.1) is 0 Å². The minimum Gasteiger partial charge on any atom is -0.496 e. The van der Waals surface area contributed by atoms with Crippen molar-refractivity contribution in [3.63, 3.8) is 0 Å². The number of ether oxygens (including phenoxy) is 1. The molecule has 0 atom stereocenters. The summed E-state index contributed by atoms with van der Waals surface area (Å²) in [7, 11) is 1.33. The van der Waals surface area contributed by atoms with Crippen molar-refractivity contribution in [2.45, 2.75) is 12.7 Å². The Hall–Kier alpha value is -0.500. The number of hydrogen-bond acceptors (Lipinski definition) is 2. The van der Waals surface area contributed by atoms with Crippen LogP contribution < -0.4 is 10.5 Å². The van der Waals surface area contributed by atoms with Crippen LogP contribution in [-0.2, 0) is 12.7 Å². The first kappa shape index (κ1) is 12.6. The van der Waals surface area contributed by atoms with Gasteiger partial charge < -0.3 is 10.5 Å². The van der Waals surface area contributed by atoms with E-state index < -0.39 is 11.7 Å². The van der Waals surface area contributed by atoms with E-state index >= 15 is 0 Å². The zero-order valence-electron chi connectivity index (χ0n) is 7.86. The molecular weight excluding hydrogens is 322 g/mol. The number of rotatable bonds is 2. The molecule has 0 aliphatic heterocycles. The van der Waals surface area contributed by atoms with Crippen LogP contribution in [0.4, 0.5) is 13.2 Å². The van der Waals surface area contributed by atoms with E-state index in [9.17, 15) is 13.2 Å². The number of benzene rings is 1. The van der Waals surface area contributed by atoms with Crippen LogP contribution >= 0.6 is 22.6 Å². The number of nitrogens with two attached hydrogens (primary N) is 1. The van der Waals surface area contributed by atoms with Crippen molar-refractivity contribution < 1.29 is 17.9 Å². The van der Waals surface area contributed by atoms with Gasteiger partial charge in [-0.05, 0) is 40.3 Å². The summed E-state index contributed by atoms with van der Waals surface area (Å²) in [5.41, 5.74) is 4.61. The highest BCUT2D eigenvalue weighted by atomic mass is 127. The summed E-state index contributed by atoms with van der Waals surface area (Å²) in [5, 5.41) is 0. The second-order valence-corrected chi connectivity index (χ2v) is 4.01. The molecule has 0 saturated carbocycles. The molecule has 0 saturated heterocycles. The fourth-order valence-electron chi connectivity index (χ4n) is 1.18. The van der Waals surface area contributed by atoms with Gasteiger partial charge >= 0.3 is 6.18 Å². The van der Waals surface area contributed by atoms with Crippen molar-refractivity contribution in [1.29, 1.82) is 0 Å². The van der Waals surface area contributed by atoms with Crippen LogP contribution in [0.2, 0.25) is 0 Å². The van der Waals surface area contributed by atoms with Crippen LogP contribution in [0.15, 0.2) is 12.1 Å². The smallest absolute Gasteiger partial charge is 0.416 e. The number of halogens is 4. The third-order valence-corrected chi connectivity index (χ3v) is 2.75. The van der Waals surface area contributed by atoms with Crippen molar-refractivity contribution in [1.82, 2.24) is 0 Å². The topological polar surface area (TPSA) is 35.2 Å². The Labute approximate surface area is 98.7 Å². The molecule has 0 radical (unpaired) electrons. The fraction of sp³-hybridized carbons (Fsp3) is 0.333. The fourth-order valence-corrected chi connectivity index (χ4v) is 1.94. The van der Waals surface area contributed by atoms with Gasteiger partial charge in [0.25, 0.3) is 0 Å². The third-order valence-electron chi connectivity index (χ3n) is 1.90. The zero-order chi connectivity index (χ0) is 11.6. The summed E-state index contributed by atoms with van der Waals surface area (Å²) in [4.78, 5) is 0. The molecule has 0 heterocycles. The predicted molar refractivity (Wildman–Crippen MR) is 58.6 cm³/mol. The molecular formula is C9H9F3INO. The van der Waals surface area contributed by atoms with Gasteiger partial charge in [-0.1, -0.05) is 0 Å². The maximum Gasteiger partial charge on any atom is 0.416 e. The van der Waals surface area contributed by atoms with E-state index in [0.29, 0.717) is 3.57 Å². The van der Waals surface area contributed by atoms with E-state index in [2.05, 4.69) is 0 Å². The van der Waals surface area contributed by atoms with Crippen molar-refractivity contribution >= 4 is 22.6 Å². The summed E-state index contributed by atoms with van der Waals surface area (Å²) in [5.74, 6) is 0.208. The summed E-state index contributed by atoms with van der Waals surface area (Å²) in [6.07, 6.45) is -4.40. The Morgan fingerprint density at radius 1 is 1.40 bits per heavy atom. The lowest BCUT2D eigenvalue weighted by Crippen LogP contribution is -2.12. The normalized spacial score (nSPS) is 11.6. The highest BCUT2D eigenvalue weighted by Crippen LogP contribution is 2.36. The quantitative estimate of drug-likeness (QED) is 0.846. The monoisotopic (exact) mass is 331 g/mol. The van der Waals surface area contributed by atoms with Crippen LogP contribution in [0.3, 0.4) is 0 Å². The number of alkyl halides is 3. The lowest BCUT2D eigenvalue weighted by atomic mass is 10.1. The van der Waals surface area contributed by atoms with Gasteiger partial charge in [0.2, 0.25) is 0 Å². The molecule has 0 unspecified atom stereocenters. The number of hydrogen-bond donors (Lipinski definition) is 1. The SMILES string of the molecule is COc1cc(C(F)(F)F)c(CN)cc1I. The molecule has 1 rings (SSSR count). The molecule has 0 bridgehead atoms. The first-order valence-electron chi connectivity index (χ1n) is 4.03. The minimum atomic E-state index is -4.40. The average Bonchev–Trinajstić information content (AvgIpc) is 2.15. The highest BCUT2D eigenvalue weighted by Gasteiger charge is 2.33. The first-order chi connectivity index (χ1) is 6.90. The van der Waals surface area contributed by atoms with Crippen molar-refractivity contribution in [3.8, 4) is 5.75 Å². The van der Waals surface area contributed by atoms with Crippen molar-refractivity contribution in [2.24, 2.45) is 5.73 Å². The molecule has 0 aromatic heterocycles. The first-order valence-corrected chi connectivity index (χ1v) is 5.11. The zero-order valence-corrected chi connectivity index (χ0v) is 10.0.